The maximum Gasteiger partial charge on any atom is 0.258 e. The van der Waals surface area contributed by atoms with E-state index in [1.54, 1.807) is 43.4 Å². The van der Waals surface area contributed by atoms with Gasteiger partial charge in [-0.3, -0.25) is 9.59 Å². The highest BCUT2D eigenvalue weighted by Crippen LogP contribution is 2.17. The van der Waals surface area contributed by atoms with Crippen molar-refractivity contribution < 1.29 is 9.53 Å². The minimum absolute atomic E-state index is 0.136. The molecule has 6 nitrogen and oxygen atoms in total. The third-order valence-electron chi connectivity index (χ3n) is 3.54. The first-order valence-corrected chi connectivity index (χ1v) is 7.00. The van der Waals surface area contributed by atoms with Gasteiger partial charge in [-0.25, -0.2) is 4.98 Å². The first-order chi connectivity index (χ1) is 11.1. The van der Waals surface area contributed by atoms with E-state index in [1.165, 1.54) is 24.1 Å². The van der Waals surface area contributed by atoms with Crippen LogP contribution in [0.15, 0.2) is 53.6 Å². The van der Waals surface area contributed by atoms with Gasteiger partial charge in [-0.15, -0.1) is 0 Å². The summed E-state index contributed by atoms with van der Waals surface area (Å²) in [4.78, 5) is 28.7. The van der Waals surface area contributed by atoms with Crippen molar-refractivity contribution >= 4 is 22.4 Å². The first kappa shape index (κ1) is 14.8. The van der Waals surface area contributed by atoms with E-state index in [4.69, 9.17) is 4.74 Å². The Kier molecular flexibility index (Phi) is 3.80. The summed E-state index contributed by atoms with van der Waals surface area (Å²) in [6, 6.07) is 10.4. The molecule has 116 valence electrons. The van der Waals surface area contributed by atoms with Crippen molar-refractivity contribution in [1.29, 1.82) is 0 Å². The number of benzene rings is 1. The quantitative estimate of drug-likeness (QED) is 0.805. The number of aryl methyl sites for hydroxylation is 1. The summed E-state index contributed by atoms with van der Waals surface area (Å²) in [5.41, 5.74) is 0.843. The lowest BCUT2D eigenvalue weighted by atomic mass is 10.1. The second kappa shape index (κ2) is 5.92. The van der Waals surface area contributed by atoms with Crippen molar-refractivity contribution in [3.05, 3.63) is 64.7 Å². The SMILES string of the molecule is COc1ccc(NC(=O)c2cn(C)c(=O)c3ccccc23)cn1. The number of aromatic nitrogens is 2. The molecule has 3 aromatic rings. The Morgan fingerprint density at radius 3 is 2.57 bits per heavy atom. The van der Waals surface area contributed by atoms with Crippen LogP contribution in [0.5, 0.6) is 5.88 Å². The van der Waals surface area contributed by atoms with Crippen LogP contribution >= 0.6 is 0 Å². The molecule has 23 heavy (non-hydrogen) atoms. The van der Waals surface area contributed by atoms with Gasteiger partial charge in [0.25, 0.3) is 11.5 Å². The number of carbonyl (C=O) groups excluding carboxylic acids is 1. The summed E-state index contributed by atoms with van der Waals surface area (Å²) in [5, 5.41) is 3.91. The molecule has 0 saturated heterocycles. The van der Waals surface area contributed by atoms with Crippen molar-refractivity contribution in [2.75, 3.05) is 12.4 Å². The van der Waals surface area contributed by atoms with E-state index in [-0.39, 0.29) is 11.5 Å². The molecule has 0 saturated carbocycles. The third-order valence-corrected chi connectivity index (χ3v) is 3.54. The zero-order chi connectivity index (χ0) is 16.4. The van der Waals surface area contributed by atoms with Gasteiger partial charge in [-0.05, 0) is 12.1 Å². The molecule has 2 heterocycles. The van der Waals surface area contributed by atoms with Gasteiger partial charge in [0.2, 0.25) is 5.88 Å². The van der Waals surface area contributed by atoms with E-state index >= 15 is 0 Å². The molecule has 0 atom stereocenters. The van der Waals surface area contributed by atoms with Crippen molar-refractivity contribution in [1.82, 2.24) is 9.55 Å². The number of ether oxygens (including phenoxy) is 1. The molecule has 0 aliphatic rings. The van der Waals surface area contributed by atoms with Crippen molar-refractivity contribution in [2.45, 2.75) is 0 Å². The summed E-state index contributed by atoms with van der Waals surface area (Å²) in [5.74, 6) is 0.166. The van der Waals surface area contributed by atoms with Crippen LogP contribution in [0.3, 0.4) is 0 Å². The van der Waals surface area contributed by atoms with Crippen LogP contribution in [0.1, 0.15) is 10.4 Å². The lowest BCUT2D eigenvalue weighted by molar-refractivity contribution is 0.102. The molecule has 1 amide bonds. The number of rotatable bonds is 3. The Hall–Kier alpha value is -3.15. The summed E-state index contributed by atoms with van der Waals surface area (Å²) in [6.07, 6.45) is 3.05. The lowest BCUT2D eigenvalue weighted by Crippen LogP contribution is -2.21. The predicted octanol–water partition coefficient (Wildman–Crippen LogP) is 2.19. The van der Waals surface area contributed by atoms with Gasteiger partial charge in [-0.1, -0.05) is 18.2 Å². The average Bonchev–Trinajstić information content (AvgIpc) is 2.58. The number of methoxy groups -OCH3 is 1. The highest BCUT2D eigenvalue weighted by Gasteiger charge is 2.13. The van der Waals surface area contributed by atoms with Gasteiger partial charge < -0.3 is 14.6 Å². The second-order valence-electron chi connectivity index (χ2n) is 5.05. The highest BCUT2D eigenvalue weighted by atomic mass is 16.5. The Bertz CT molecular complexity index is 930. The Balaban J connectivity index is 2.00. The van der Waals surface area contributed by atoms with Crippen molar-refractivity contribution in [3.8, 4) is 5.88 Å². The number of carbonyl (C=O) groups is 1. The van der Waals surface area contributed by atoms with Crippen molar-refractivity contribution in [3.63, 3.8) is 0 Å². The smallest absolute Gasteiger partial charge is 0.258 e. The molecular weight excluding hydrogens is 294 g/mol. The fourth-order valence-electron chi connectivity index (χ4n) is 2.37. The topological polar surface area (TPSA) is 73.2 Å². The Morgan fingerprint density at radius 1 is 1.17 bits per heavy atom. The zero-order valence-corrected chi connectivity index (χ0v) is 12.7. The Labute approximate surface area is 132 Å². The molecule has 0 aliphatic heterocycles. The molecule has 0 radical (unpaired) electrons. The minimum Gasteiger partial charge on any atom is -0.481 e. The fourth-order valence-corrected chi connectivity index (χ4v) is 2.37. The van der Waals surface area contributed by atoms with Gasteiger partial charge in [-0.2, -0.15) is 0 Å². The normalized spacial score (nSPS) is 10.5. The van der Waals surface area contributed by atoms with E-state index in [0.29, 0.717) is 27.9 Å². The maximum absolute atomic E-state index is 12.6. The predicted molar refractivity (Wildman–Crippen MR) is 87.9 cm³/mol. The molecule has 0 unspecified atom stereocenters. The molecule has 0 fully saturated rings. The van der Waals surface area contributed by atoms with E-state index in [2.05, 4.69) is 10.3 Å². The number of fused-ring (bicyclic) bond motifs is 1. The fraction of sp³-hybridized carbons (Fsp3) is 0.118. The molecular formula is C17H15N3O3. The number of hydrogen-bond donors (Lipinski definition) is 1. The number of nitrogens with one attached hydrogen (secondary N) is 1. The van der Waals surface area contributed by atoms with Crippen LogP contribution in [0, 0.1) is 0 Å². The molecule has 6 heteroatoms. The largest absolute Gasteiger partial charge is 0.481 e. The first-order valence-electron chi connectivity index (χ1n) is 7.00. The minimum atomic E-state index is -0.302. The number of amides is 1. The number of anilines is 1. The standard InChI is InChI=1S/C17H15N3O3/c1-20-10-14(12-5-3-4-6-13(12)17(20)22)16(21)19-11-7-8-15(23-2)18-9-11/h3-10H,1-2H3,(H,19,21). The van der Waals surface area contributed by atoms with Crippen LogP contribution in [0.25, 0.3) is 10.8 Å². The van der Waals surface area contributed by atoms with E-state index in [9.17, 15) is 9.59 Å². The third kappa shape index (κ3) is 2.78. The maximum atomic E-state index is 12.6. The van der Waals surface area contributed by atoms with Gasteiger partial charge in [0.1, 0.15) is 0 Å². The molecule has 2 aromatic heterocycles. The molecule has 1 aromatic carbocycles. The second-order valence-corrected chi connectivity index (χ2v) is 5.05. The van der Waals surface area contributed by atoms with Gasteiger partial charge in [0.05, 0.1) is 24.6 Å². The molecule has 3 rings (SSSR count). The van der Waals surface area contributed by atoms with E-state index < -0.39 is 0 Å². The average molecular weight is 309 g/mol. The van der Waals surface area contributed by atoms with Gasteiger partial charge in [0, 0.05) is 30.1 Å². The highest BCUT2D eigenvalue weighted by molar-refractivity contribution is 6.12. The van der Waals surface area contributed by atoms with Crippen LogP contribution in [-0.4, -0.2) is 22.6 Å². The number of nitrogens with zero attached hydrogens (tertiary/aromatic N) is 2. The molecule has 1 N–H and O–H groups in total. The zero-order valence-electron chi connectivity index (χ0n) is 12.7. The van der Waals surface area contributed by atoms with Crippen LogP contribution in [0.4, 0.5) is 5.69 Å². The monoisotopic (exact) mass is 309 g/mol. The number of hydrogen-bond acceptors (Lipinski definition) is 4. The summed E-state index contributed by atoms with van der Waals surface area (Å²) in [7, 11) is 3.15. The number of pyridine rings is 2. The van der Waals surface area contributed by atoms with Crippen LogP contribution < -0.4 is 15.6 Å². The molecule has 0 bridgehead atoms. The summed E-state index contributed by atoms with van der Waals surface area (Å²) >= 11 is 0. The lowest BCUT2D eigenvalue weighted by Gasteiger charge is -2.10. The molecule has 0 aliphatic carbocycles. The summed E-state index contributed by atoms with van der Waals surface area (Å²) in [6.45, 7) is 0. The van der Waals surface area contributed by atoms with Crippen LogP contribution in [-0.2, 0) is 7.05 Å². The van der Waals surface area contributed by atoms with E-state index in [0.717, 1.165) is 0 Å². The van der Waals surface area contributed by atoms with Gasteiger partial charge >= 0.3 is 0 Å². The van der Waals surface area contributed by atoms with Crippen molar-refractivity contribution in [2.24, 2.45) is 7.05 Å². The van der Waals surface area contributed by atoms with E-state index in [1.807, 2.05) is 0 Å². The van der Waals surface area contributed by atoms with Gasteiger partial charge in [0.15, 0.2) is 0 Å². The summed E-state index contributed by atoms with van der Waals surface area (Å²) < 4.78 is 6.39. The van der Waals surface area contributed by atoms with Crippen LogP contribution in [0.2, 0.25) is 0 Å². The Morgan fingerprint density at radius 2 is 1.91 bits per heavy atom. The molecule has 0 spiro atoms.